The lowest BCUT2D eigenvalue weighted by molar-refractivity contribution is 0.346. The molecule has 6 heteroatoms. The Hall–Kier alpha value is -1.98. The van der Waals surface area contributed by atoms with Crippen molar-refractivity contribution in [2.45, 2.75) is 52.5 Å². The molecular weight excluding hydrogens is 288 g/mol. The first-order valence-corrected chi connectivity index (χ1v) is 8.66. The maximum atomic E-state index is 4.62. The van der Waals surface area contributed by atoms with Crippen molar-refractivity contribution in [3.05, 3.63) is 29.2 Å². The van der Waals surface area contributed by atoms with Crippen LogP contribution in [0.1, 0.15) is 42.2 Å². The van der Waals surface area contributed by atoms with Gasteiger partial charge in [0.25, 0.3) is 0 Å². The van der Waals surface area contributed by atoms with Crippen LogP contribution < -0.4 is 4.90 Å². The molecule has 122 valence electrons. The van der Waals surface area contributed by atoms with Crippen molar-refractivity contribution in [1.29, 1.82) is 0 Å². The van der Waals surface area contributed by atoms with Gasteiger partial charge < -0.3 is 4.90 Å². The van der Waals surface area contributed by atoms with Crippen LogP contribution in [0.15, 0.2) is 6.33 Å². The van der Waals surface area contributed by atoms with E-state index in [1.54, 1.807) is 6.33 Å². The van der Waals surface area contributed by atoms with E-state index in [1.807, 2.05) is 13.8 Å². The third-order valence-electron chi connectivity index (χ3n) is 5.06. The lowest BCUT2D eigenvalue weighted by atomic mass is 9.97. The van der Waals surface area contributed by atoms with Crippen molar-refractivity contribution >= 4 is 5.82 Å². The van der Waals surface area contributed by atoms with E-state index in [-0.39, 0.29) is 0 Å². The van der Waals surface area contributed by atoms with Gasteiger partial charge in [-0.15, -0.1) is 0 Å². The van der Waals surface area contributed by atoms with Crippen molar-refractivity contribution in [1.82, 2.24) is 24.7 Å². The highest BCUT2D eigenvalue weighted by Crippen LogP contribution is 2.31. The average molecular weight is 312 g/mol. The van der Waals surface area contributed by atoms with Crippen LogP contribution in [0.4, 0.5) is 5.82 Å². The summed E-state index contributed by atoms with van der Waals surface area (Å²) < 4.78 is 2.06. The van der Waals surface area contributed by atoms with E-state index in [0.717, 1.165) is 44.1 Å². The van der Waals surface area contributed by atoms with Gasteiger partial charge in [-0.1, -0.05) is 0 Å². The summed E-state index contributed by atoms with van der Waals surface area (Å²) in [6, 6.07) is 0. The summed E-state index contributed by atoms with van der Waals surface area (Å²) in [5.74, 6) is 3.67. The van der Waals surface area contributed by atoms with Crippen molar-refractivity contribution < 1.29 is 0 Å². The molecule has 1 aliphatic heterocycles. The SMILES string of the molecule is Cc1nc(C)n(C[C@@H]2CCCN(c3ncnc4c3CCC4)C2)n1. The molecule has 0 spiro atoms. The van der Waals surface area contributed by atoms with Crippen LogP contribution in [-0.2, 0) is 19.4 Å². The number of aryl methyl sites for hydroxylation is 3. The second-order valence-electron chi connectivity index (χ2n) is 6.82. The number of anilines is 1. The van der Waals surface area contributed by atoms with Gasteiger partial charge >= 0.3 is 0 Å². The zero-order valence-electron chi connectivity index (χ0n) is 14.0. The zero-order chi connectivity index (χ0) is 15.8. The van der Waals surface area contributed by atoms with Gasteiger partial charge in [-0.3, -0.25) is 0 Å². The minimum atomic E-state index is 0.607. The zero-order valence-corrected chi connectivity index (χ0v) is 14.0. The number of hydrogen-bond donors (Lipinski definition) is 0. The van der Waals surface area contributed by atoms with E-state index in [0.29, 0.717) is 5.92 Å². The number of aromatic nitrogens is 5. The number of fused-ring (bicyclic) bond motifs is 1. The third kappa shape index (κ3) is 2.82. The van der Waals surface area contributed by atoms with E-state index in [2.05, 4.69) is 29.6 Å². The molecule has 23 heavy (non-hydrogen) atoms. The Kier molecular flexibility index (Phi) is 3.75. The van der Waals surface area contributed by atoms with E-state index < -0.39 is 0 Å². The summed E-state index contributed by atoms with van der Waals surface area (Å²) in [6.45, 7) is 7.12. The highest BCUT2D eigenvalue weighted by Gasteiger charge is 2.26. The van der Waals surface area contributed by atoms with Gasteiger partial charge in [0.15, 0.2) is 0 Å². The standard InChI is InChI=1S/C17H24N6/c1-12-20-13(2)23(21-12)10-14-5-4-8-22(9-14)17-15-6-3-7-16(15)18-11-19-17/h11,14H,3-10H2,1-2H3/t14-/m1/s1. The van der Waals surface area contributed by atoms with E-state index >= 15 is 0 Å². The number of nitrogens with zero attached hydrogens (tertiary/aromatic N) is 6. The molecule has 0 unspecified atom stereocenters. The molecule has 3 heterocycles. The van der Waals surface area contributed by atoms with Gasteiger partial charge in [-0.25, -0.2) is 19.6 Å². The van der Waals surface area contributed by atoms with Gasteiger partial charge in [-0.05, 0) is 51.9 Å². The Morgan fingerprint density at radius 2 is 2.09 bits per heavy atom. The van der Waals surface area contributed by atoms with Crippen LogP contribution in [0.3, 0.4) is 0 Å². The Labute approximate surface area is 137 Å². The molecule has 0 aromatic carbocycles. The summed E-state index contributed by atoms with van der Waals surface area (Å²) >= 11 is 0. The van der Waals surface area contributed by atoms with Crippen LogP contribution in [0.2, 0.25) is 0 Å². The Bertz CT molecular complexity index is 707. The Balaban J connectivity index is 1.51. The molecule has 0 radical (unpaired) electrons. The lowest BCUT2D eigenvalue weighted by Gasteiger charge is -2.34. The van der Waals surface area contributed by atoms with Crippen LogP contribution in [-0.4, -0.2) is 37.8 Å². The fourth-order valence-corrected chi connectivity index (χ4v) is 4.00. The predicted molar refractivity (Wildman–Crippen MR) is 88.5 cm³/mol. The van der Waals surface area contributed by atoms with Gasteiger partial charge in [0.2, 0.25) is 0 Å². The first-order chi connectivity index (χ1) is 11.2. The minimum Gasteiger partial charge on any atom is -0.356 e. The Morgan fingerprint density at radius 1 is 1.17 bits per heavy atom. The maximum Gasteiger partial charge on any atom is 0.147 e. The van der Waals surface area contributed by atoms with Crippen molar-refractivity contribution in [3.63, 3.8) is 0 Å². The minimum absolute atomic E-state index is 0.607. The summed E-state index contributed by atoms with van der Waals surface area (Å²) in [6.07, 6.45) is 7.68. The molecule has 1 saturated heterocycles. The van der Waals surface area contributed by atoms with Crippen molar-refractivity contribution in [2.75, 3.05) is 18.0 Å². The number of piperidine rings is 1. The molecule has 2 aromatic heterocycles. The van der Waals surface area contributed by atoms with Crippen LogP contribution in [0.25, 0.3) is 0 Å². The molecule has 1 atom stereocenters. The monoisotopic (exact) mass is 312 g/mol. The van der Waals surface area contributed by atoms with Crippen molar-refractivity contribution in [3.8, 4) is 0 Å². The number of rotatable bonds is 3. The molecule has 2 aliphatic rings. The fourth-order valence-electron chi connectivity index (χ4n) is 4.00. The van der Waals surface area contributed by atoms with Gasteiger partial charge in [0.05, 0.1) is 0 Å². The molecule has 4 rings (SSSR count). The lowest BCUT2D eigenvalue weighted by Crippen LogP contribution is -2.38. The molecule has 1 aliphatic carbocycles. The molecule has 0 N–H and O–H groups in total. The highest BCUT2D eigenvalue weighted by molar-refractivity contribution is 5.50. The van der Waals surface area contributed by atoms with Crippen LogP contribution >= 0.6 is 0 Å². The van der Waals surface area contributed by atoms with E-state index in [9.17, 15) is 0 Å². The van der Waals surface area contributed by atoms with E-state index in [4.69, 9.17) is 0 Å². The van der Waals surface area contributed by atoms with Crippen LogP contribution in [0.5, 0.6) is 0 Å². The maximum absolute atomic E-state index is 4.62. The fraction of sp³-hybridized carbons (Fsp3) is 0.647. The molecule has 6 nitrogen and oxygen atoms in total. The largest absolute Gasteiger partial charge is 0.356 e. The van der Waals surface area contributed by atoms with Crippen molar-refractivity contribution in [2.24, 2.45) is 5.92 Å². The second kappa shape index (κ2) is 5.91. The molecule has 1 fully saturated rings. The van der Waals surface area contributed by atoms with Crippen LogP contribution in [0, 0.1) is 19.8 Å². The summed E-state index contributed by atoms with van der Waals surface area (Å²) in [5.41, 5.74) is 2.65. The van der Waals surface area contributed by atoms with Gasteiger partial charge in [0.1, 0.15) is 23.8 Å². The highest BCUT2D eigenvalue weighted by atomic mass is 15.3. The third-order valence-corrected chi connectivity index (χ3v) is 5.06. The quantitative estimate of drug-likeness (QED) is 0.868. The second-order valence-corrected chi connectivity index (χ2v) is 6.82. The van der Waals surface area contributed by atoms with E-state index in [1.165, 1.54) is 36.3 Å². The molecular formula is C17H24N6. The number of hydrogen-bond acceptors (Lipinski definition) is 5. The van der Waals surface area contributed by atoms with Gasteiger partial charge in [0, 0.05) is 30.9 Å². The van der Waals surface area contributed by atoms with Gasteiger partial charge in [-0.2, -0.15) is 5.10 Å². The molecule has 2 aromatic rings. The summed E-state index contributed by atoms with van der Waals surface area (Å²) in [4.78, 5) is 16.0. The molecule has 0 bridgehead atoms. The first-order valence-electron chi connectivity index (χ1n) is 8.66. The molecule has 0 saturated carbocycles. The first kappa shape index (κ1) is 14.6. The summed E-state index contributed by atoms with van der Waals surface area (Å²) in [7, 11) is 0. The average Bonchev–Trinajstić information content (AvgIpc) is 3.14. The normalized spacial score (nSPS) is 20.8. The topological polar surface area (TPSA) is 59.7 Å². The Morgan fingerprint density at radius 3 is 2.91 bits per heavy atom. The molecule has 0 amide bonds. The smallest absolute Gasteiger partial charge is 0.147 e. The summed E-state index contributed by atoms with van der Waals surface area (Å²) in [5, 5.41) is 4.52. The predicted octanol–water partition coefficient (Wildman–Crippen LogP) is 2.09.